The third kappa shape index (κ3) is 1.46. The van der Waals surface area contributed by atoms with Gasteiger partial charge in [0.05, 0.1) is 12.2 Å². The van der Waals surface area contributed by atoms with Crippen molar-refractivity contribution in [2.75, 3.05) is 13.1 Å². The monoisotopic (exact) mass is 170 g/mol. The average molecular weight is 170 g/mol. The van der Waals surface area contributed by atoms with Gasteiger partial charge in [-0.25, -0.2) is 0 Å². The second-order valence-electron chi connectivity index (χ2n) is 3.52. The van der Waals surface area contributed by atoms with Gasteiger partial charge in [0.25, 0.3) is 0 Å². The van der Waals surface area contributed by atoms with E-state index in [2.05, 4.69) is 19.2 Å². The Morgan fingerprint density at radius 3 is 2.75 bits per heavy atom. The molecule has 1 aliphatic rings. The molecular formula is C9H18N2O. The molecule has 1 N–H and O–H groups in total. The minimum absolute atomic E-state index is 0.0828. The van der Waals surface area contributed by atoms with Crippen LogP contribution in [0.5, 0.6) is 0 Å². The molecule has 1 rings (SSSR count). The molecule has 1 unspecified atom stereocenters. The summed E-state index contributed by atoms with van der Waals surface area (Å²) in [5, 5.41) is 3.26. The fourth-order valence-electron chi connectivity index (χ4n) is 1.97. The Labute approximate surface area is 74.1 Å². The lowest BCUT2D eigenvalue weighted by atomic mass is 10.1. The minimum atomic E-state index is -0.0828. The van der Waals surface area contributed by atoms with E-state index in [0.717, 1.165) is 19.4 Å². The standard InChI is InChI=1S/C9H18N2O/c1-4-6-9(3)10-7-8(12)11(9)5-2/h10H,4-7H2,1-3H3. The smallest absolute Gasteiger partial charge is 0.238 e. The van der Waals surface area contributed by atoms with Crippen LogP contribution in [0, 0.1) is 0 Å². The van der Waals surface area contributed by atoms with Crippen LogP contribution < -0.4 is 5.32 Å². The Bertz CT molecular complexity index is 181. The Hall–Kier alpha value is -0.570. The Morgan fingerprint density at radius 1 is 1.58 bits per heavy atom. The van der Waals surface area contributed by atoms with E-state index < -0.39 is 0 Å². The van der Waals surface area contributed by atoms with Crippen LogP contribution in [0.25, 0.3) is 0 Å². The van der Waals surface area contributed by atoms with Gasteiger partial charge in [-0.1, -0.05) is 13.3 Å². The normalized spacial score (nSPS) is 29.9. The first-order valence-corrected chi connectivity index (χ1v) is 4.69. The summed E-state index contributed by atoms with van der Waals surface area (Å²) < 4.78 is 0. The lowest BCUT2D eigenvalue weighted by molar-refractivity contribution is -0.129. The molecule has 70 valence electrons. The van der Waals surface area contributed by atoms with E-state index in [1.54, 1.807) is 0 Å². The molecule has 0 bridgehead atoms. The van der Waals surface area contributed by atoms with Crippen molar-refractivity contribution in [2.24, 2.45) is 0 Å². The van der Waals surface area contributed by atoms with E-state index in [-0.39, 0.29) is 11.6 Å². The van der Waals surface area contributed by atoms with Gasteiger partial charge in [0, 0.05) is 6.54 Å². The summed E-state index contributed by atoms with van der Waals surface area (Å²) in [7, 11) is 0. The molecule has 0 spiro atoms. The molecular weight excluding hydrogens is 152 g/mol. The van der Waals surface area contributed by atoms with Crippen LogP contribution in [0.15, 0.2) is 0 Å². The number of amides is 1. The fourth-order valence-corrected chi connectivity index (χ4v) is 1.97. The van der Waals surface area contributed by atoms with Gasteiger partial charge < -0.3 is 4.90 Å². The van der Waals surface area contributed by atoms with Gasteiger partial charge in [0.1, 0.15) is 0 Å². The molecule has 1 saturated heterocycles. The van der Waals surface area contributed by atoms with Gasteiger partial charge in [-0.05, 0) is 20.3 Å². The van der Waals surface area contributed by atoms with Crippen molar-refractivity contribution in [1.29, 1.82) is 0 Å². The molecule has 1 atom stereocenters. The summed E-state index contributed by atoms with van der Waals surface area (Å²) in [6.45, 7) is 7.58. The highest BCUT2D eigenvalue weighted by atomic mass is 16.2. The number of hydrogen-bond acceptors (Lipinski definition) is 2. The van der Waals surface area contributed by atoms with E-state index in [0.29, 0.717) is 6.54 Å². The third-order valence-corrected chi connectivity index (χ3v) is 2.57. The second kappa shape index (κ2) is 3.44. The summed E-state index contributed by atoms with van der Waals surface area (Å²) in [4.78, 5) is 13.3. The first-order chi connectivity index (χ1) is 5.64. The zero-order valence-corrected chi connectivity index (χ0v) is 8.18. The predicted octanol–water partition coefficient (Wildman–Crippen LogP) is 0.954. The minimum Gasteiger partial charge on any atom is -0.324 e. The largest absolute Gasteiger partial charge is 0.324 e. The van der Waals surface area contributed by atoms with Crippen molar-refractivity contribution in [1.82, 2.24) is 10.2 Å². The van der Waals surface area contributed by atoms with Crippen LogP contribution in [-0.4, -0.2) is 29.6 Å². The number of hydrogen-bond donors (Lipinski definition) is 1. The molecule has 0 radical (unpaired) electrons. The molecule has 12 heavy (non-hydrogen) atoms. The average Bonchev–Trinajstić information content (AvgIpc) is 2.28. The number of likely N-dealkylation sites (N-methyl/N-ethyl adjacent to an activating group) is 1. The van der Waals surface area contributed by atoms with Gasteiger partial charge in [-0.2, -0.15) is 0 Å². The topological polar surface area (TPSA) is 32.3 Å². The highest BCUT2D eigenvalue weighted by Crippen LogP contribution is 2.22. The lowest BCUT2D eigenvalue weighted by Gasteiger charge is -2.34. The maximum absolute atomic E-state index is 11.4. The Balaban J connectivity index is 2.69. The van der Waals surface area contributed by atoms with E-state index in [9.17, 15) is 4.79 Å². The first-order valence-electron chi connectivity index (χ1n) is 4.69. The Kier molecular flexibility index (Phi) is 2.73. The van der Waals surface area contributed by atoms with Gasteiger partial charge in [0.2, 0.25) is 5.91 Å². The van der Waals surface area contributed by atoms with Gasteiger partial charge in [-0.15, -0.1) is 0 Å². The molecule has 3 heteroatoms. The van der Waals surface area contributed by atoms with E-state index in [1.165, 1.54) is 0 Å². The fraction of sp³-hybridized carbons (Fsp3) is 0.889. The zero-order valence-electron chi connectivity index (χ0n) is 8.18. The predicted molar refractivity (Wildman–Crippen MR) is 48.7 cm³/mol. The molecule has 0 aromatic rings. The number of nitrogens with one attached hydrogen (secondary N) is 1. The van der Waals surface area contributed by atoms with Crippen LogP contribution in [0.1, 0.15) is 33.6 Å². The SMILES string of the molecule is CCCC1(C)NCC(=O)N1CC. The van der Waals surface area contributed by atoms with Gasteiger partial charge in [-0.3, -0.25) is 10.1 Å². The van der Waals surface area contributed by atoms with Crippen LogP contribution in [0.3, 0.4) is 0 Å². The molecule has 1 amide bonds. The van der Waals surface area contributed by atoms with Crippen LogP contribution in [-0.2, 0) is 4.79 Å². The van der Waals surface area contributed by atoms with Crippen LogP contribution in [0.2, 0.25) is 0 Å². The molecule has 0 aromatic carbocycles. The molecule has 0 aromatic heterocycles. The zero-order chi connectivity index (χ0) is 9.19. The highest BCUT2D eigenvalue weighted by Gasteiger charge is 2.38. The van der Waals surface area contributed by atoms with Crippen molar-refractivity contribution in [3.05, 3.63) is 0 Å². The second-order valence-corrected chi connectivity index (χ2v) is 3.52. The maximum atomic E-state index is 11.4. The van der Waals surface area contributed by atoms with E-state index in [4.69, 9.17) is 0 Å². The van der Waals surface area contributed by atoms with E-state index in [1.807, 2.05) is 11.8 Å². The maximum Gasteiger partial charge on any atom is 0.238 e. The van der Waals surface area contributed by atoms with Crippen molar-refractivity contribution in [2.45, 2.75) is 39.3 Å². The molecule has 0 aliphatic carbocycles. The summed E-state index contributed by atoms with van der Waals surface area (Å²) in [5.41, 5.74) is -0.0828. The summed E-state index contributed by atoms with van der Waals surface area (Å²) in [6, 6.07) is 0. The number of rotatable bonds is 3. The highest BCUT2D eigenvalue weighted by molar-refractivity contribution is 5.81. The van der Waals surface area contributed by atoms with Crippen molar-refractivity contribution >= 4 is 5.91 Å². The molecule has 3 nitrogen and oxygen atoms in total. The molecule has 1 heterocycles. The lowest BCUT2D eigenvalue weighted by Crippen LogP contribution is -2.49. The van der Waals surface area contributed by atoms with Crippen molar-refractivity contribution in [3.63, 3.8) is 0 Å². The summed E-state index contributed by atoms with van der Waals surface area (Å²) in [5.74, 6) is 0.230. The number of carbonyl (C=O) groups excluding carboxylic acids is 1. The quantitative estimate of drug-likeness (QED) is 0.684. The Morgan fingerprint density at radius 2 is 2.25 bits per heavy atom. The van der Waals surface area contributed by atoms with E-state index >= 15 is 0 Å². The van der Waals surface area contributed by atoms with Gasteiger partial charge >= 0.3 is 0 Å². The summed E-state index contributed by atoms with van der Waals surface area (Å²) in [6.07, 6.45) is 2.14. The van der Waals surface area contributed by atoms with Crippen molar-refractivity contribution < 1.29 is 4.79 Å². The van der Waals surface area contributed by atoms with Crippen LogP contribution in [0.4, 0.5) is 0 Å². The van der Waals surface area contributed by atoms with Crippen LogP contribution >= 0.6 is 0 Å². The van der Waals surface area contributed by atoms with Gasteiger partial charge in [0.15, 0.2) is 0 Å². The number of carbonyl (C=O) groups is 1. The van der Waals surface area contributed by atoms with Crippen molar-refractivity contribution in [3.8, 4) is 0 Å². The first kappa shape index (κ1) is 9.52. The molecule has 1 aliphatic heterocycles. The summed E-state index contributed by atoms with van der Waals surface area (Å²) >= 11 is 0. The third-order valence-electron chi connectivity index (χ3n) is 2.57. The molecule has 0 saturated carbocycles. The number of nitrogens with zero attached hydrogens (tertiary/aromatic N) is 1. The molecule has 1 fully saturated rings.